The predicted molar refractivity (Wildman–Crippen MR) is 126 cm³/mol. The quantitative estimate of drug-likeness (QED) is 0.380. The number of aliphatic hydroxyl groups excluding tert-OH is 1. The van der Waals surface area contributed by atoms with Crippen LogP contribution in [0.3, 0.4) is 0 Å². The molecule has 2 heterocycles. The molecule has 0 bridgehead atoms. The lowest BCUT2D eigenvalue weighted by atomic mass is 10.1. The van der Waals surface area contributed by atoms with Crippen molar-refractivity contribution >= 4 is 35.8 Å². The normalized spacial score (nSPS) is 15.8. The fourth-order valence-electron chi connectivity index (χ4n) is 3.18. The molecule has 2 N–H and O–H groups in total. The van der Waals surface area contributed by atoms with E-state index in [1.165, 1.54) is 5.56 Å². The highest BCUT2D eigenvalue weighted by molar-refractivity contribution is 14.0. The van der Waals surface area contributed by atoms with Crippen LogP contribution >= 0.6 is 24.0 Å². The topological polar surface area (TPSA) is 64.0 Å². The van der Waals surface area contributed by atoms with E-state index < -0.39 is 6.10 Å². The lowest BCUT2D eigenvalue weighted by Crippen LogP contribution is -2.52. The molecule has 1 aliphatic heterocycles. The van der Waals surface area contributed by atoms with Crippen LogP contribution in [0.2, 0.25) is 0 Å². The van der Waals surface area contributed by atoms with E-state index in [4.69, 9.17) is 0 Å². The van der Waals surface area contributed by atoms with Crippen LogP contribution in [0.15, 0.2) is 53.7 Å². The van der Waals surface area contributed by atoms with Gasteiger partial charge in [-0.1, -0.05) is 35.9 Å². The van der Waals surface area contributed by atoms with Gasteiger partial charge in [0.25, 0.3) is 0 Å². The Hall–Kier alpha value is -1.87. The van der Waals surface area contributed by atoms with Gasteiger partial charge in [0, 0.05) is 38.9 Å². The SMILES string of the molecule is CCNC(=NCC(O)c1ccc(C)cc1)N1CCN(c2ccccn2)CC1.I. The van der Waals surface area contributed by atoms with E-state index in [0.29, 0.717) is 6.54 Å². The van der Waals surface area contributed by atoms with Gasteiger partial charge in [-0.2, -0.15) is 0 Å². The number of aryl methyl sites for hydroxylation is 1. The number of rotatable bonds is 5. The molecule has 1 saturated heterocycles. The van der Waals surface area contributed by atoms with E-state index in [2.05, 4.69) is 32.0 Å². The van der Waals surface area contributed by atoms with Gasteiger partial charge in [-0.05, 0) is 31.5 Å². The number of nitrogens with one attached hydrogen (secondary N) is 1. The molecule has 0 saturated carbocycles. The number of aromatic nitrogens is 1. The third kappa shape index (κ3) is 6.07. The molecule has 0 amide bonds. The number of guanidine groups is 1. The van der Waals surface area contributed by atoms with Crippen LogP contribution in [0.1, 0.15) is 24.2 Å². The van der Waals surface area contributed by atoms with Crippen LogP contribution in [0.4, 0.5) is 5.82 Å². The first-order chi connectivity index (χ1) is 13.2. The predicted octanol–water partition coefficient (Wildman–Crippen LogP) is 2.83. The number of piperazine rings is 1. The van der Waals surface area contributed by atoms with E-state index in [-0.39, 0.29) is 24.0 Å². The van der Waals surface area contributed by atoms with Crippen LogP contribution in [-0.2, 0) is 0 Å². The van der Waals surface area contributed by atoms with Gasteiger partial charge >= 0.3 is 0 Å². The van der Waals surface area contributed by atoms with E-state index >= 15 is 0 Å². The summed E-state index contributed by atoms with van der Waals surface area (Å²) in [7, 11) is 0. The molecule has 0 spiro atoms. The Kier molecular flexibility index (Phi) is 8.98. The number of anilines is 1. The third-order valence-electron chi connectivity index (χ3n) is 4.76. The summed E-state index contributed by atoms with van der Waals surface area (Å²) >= 11 is 0. The molecule has 7 heteroatoms. The lowest BCUT2D eigenvalue weighted by Gasteiger charge is -2.37. The van der Waals surface area contributed by atoms with Gasteiger partial charge in [0.15, 0.2) is 5.96 Å². The maximum absolute atomic E-state index is 10.4. The molecule has 1 unspecified atom stereocenters. The van der Waals surface area contributed by atoms with Crippen molar-refractivity contribution in [3.05, 3.63) is 59.8 Å². The Labute approximate surface area is 184 Å². The summed E-state index contributed by atoms with van der Waals surface area (Å²) in [4.78, 5) is 13.7. The lowest BCUT2D eigenvalue weighted by molar-refractivity contribution is 0.186. The number of aliphatic hydroxyl groups is 1. The summed E-state index contributed by atoms with van der Waals surface area (Å²) in [6, 6.07) is 14.0. The van der Waals surface area contributed by atoms with Crippen LogP contribution in [0.5, 0.6) is 0 Å². The Morgan fingerprint density at radius 3 is 2.46 bits per heavy atom. The van der Waals surface area contributed by atoms with Crippen molar-refractivity contribution in [3.63, 3.8) is 0 Å². The third-order valence-corrected chi connectivity index (χ3v) is 4.76. The second-order valence-electron chi connectivity index (χ2n) is 6.78. The zero-order chi connectivity index (χ0) is 19.1. The average Bonchev–Trinajstić information content (AvgIpc) is 2.72. The highest BCUT2D eigenvalue weighted by Crippen LogP contribution is 2.15. The number of nitrogens with zero attached hydrogens (tertiary/aromatic N) is 4. The second kappa shape index (κ2) is 11.2. The smallest absolute Gasteiger partial charge is 0.194 e. The first kappa shape index (κ1) is 22.4. The number of halogens is 1. The van der Waals surface area contributed by atoms with Gasteiger partial charge in [-0.15, -0.1) is 24.0 Å². The second-order valence-corrected chi connectivity index (χ2v) is 6.78. The van der Waals surface area contributed by atoms with Crippen LogP contribution in [0, 0.1) is 6.92 Å². The van der Waals surface area contributed by atoms with Crippen molar-refractivity contribution in [3.8, 4) is 0 Å². The maximum Gasteiger partial charge on any atom is 0.194 e. The molecular formula is C21H30IN5O. The van der Waals surface area contributed by atoms with Gasteiger partial charge in [0.05, 0.1) is 12.6 Å². The molecule has 2 aromatic rings. The highest BCUT2D eigenvalue weighted by atomic mass is 127. The molecule has 6 nitrogen and oxygen atoms in total. The van der Waals surface area contributed by atoms with Crippen LogP contribution in [-0.4, -0.2) is 60.2 Å². The van der Waals surface area contributed by atoms with Gasteiger partial charge in [-0.3, -0.25) is 4.99 Å². The number of hydrogen-bond donors (Lipinski definition) is 2. The monoisotopic (exact) mass is 495 g/mol. The summed E-state index contributed by atoms with van der Waals surface area (Å²) in [6.07, 6.45) is 1.24. The number of pyridine rings is 1. The molecule has 1 aromatic heterocycles. The summed E-state index contributed by atoms with van der Waals surface area (Å²) in [5.74, 6) is 1.89. The molecule has 0 aliphatic carbocycles. The van der Waals surface area contributed by atoms with Crippen molar-refractivity contribution in [1.82, 2.24) is 15.2 Å². The Morgan fingerprint density at radius 1 is 1.14 bits per heavy atom. The van der Waals surface area contributed by atoms with E-state index in [1.54, 1.807) is 0 Å². The maximum atomic E-state index is 10.4. The molecule has 28 heavy (non-hydrogen) atoms. The van der Waals surface area contributed by atoms with Gasteiger partial charge < -0.3 is 20.2 Å². The molecule has 152 valence electrons. The van der Waals surface area contributed by atoms with Crippen molar-refractivity contribution in [2.24, 2.45) is 4.99 Å². The number of hydrogen-bond acceptors (Lipinski definition) is 4. The zero-order valence-electron chi connectivity index (χ0n) is 16.6. The summed E-state index contributed by atoms with van der Waals surface area (Å²) in [6.45, 7) is 8.83. The Balaban J connectivity index is 0.00000280. The molecule has 0 radical (unpaired) electrons. The van der Waals surface area contributed by atoms with Gasteiger partial charge in [-0.25, -0.2) is 4.98 Å². The highest BCUT2D eigenvalue weighted by Gasteiger charge is 2.20. The van der Waals surface area contributed by atoms with Crippen LogP contribution < -0.4 is 10.2 Å². The van der Waals surface area contributed by atoms with Crippen LogP contribution in [0.25, 0.3) is 0 Å². The number of benzene rings is 1. The minimum Gasteiger partial charge on any atom is -0.386 e. The largest absolute Gasteiger partial charge is 0.386 e. The fraction of sp³-hybridized carbons (Fsp3) is 0.429. The minimum atomic E-state index is -0.589. The molecular weight excluding hydrogens is 465 g/mol. The summed E-state index contributed by atoms with van der Waals surface area (Å²) < 4.78 is 0. The Morgan fingerprint density at radius 2 is 1.86 bits per heavy atom. The van der Waals surface area contributed by atoms with E-state index in [9.17, 15) is 5.11 Å². The molecule has 1 aromatic carbocycles. The van der Waals surface area contributed by atoms with Gasteiger partial charge in [0.2, 0.25) is 0 Å². The van der Waals surface area contributed by atoms with Crippen molar-refractivity contribution in [2.75, 3.05) is 44.2 Å². The standard InChI is InChI=1S/C21H29N5O.HI/c1-3-22-21(24-16-19(27)18-9-7-17(2)8-10-18)26-14-12-25(13-15-26)20-6-4-5-11-23-20;/h4-11,19,27H,3,12-16H2,1-2H3,(H,22,24);1H. The first-order valence-corrected chi connectivity index (χ1v) is 9.61. The van der Waals surface area contributed by atoms with E-state index in [1.807, 2.05) is 55.6 Å². The van der Waals surface area contributed by atoms with Crippen molar-refractivity contribution in [2.45, 2.75) is 20.0 Å². The zero-order valence-corrected chi connectivity index (χ0v) is 18.9. The minimum absolute atomic E-state index is 0. The van der Waals surface area contributed by atoms with Crippen molar-refractivity contribution < 1.29 is 5.11 Å². The molecule has 3 rings (SSSR count). The first-order valence-electron chi connectivity index (χ1n) is 9.61. The number of aliphatic imine (C=N–C) groups is 1. The summed E-state index contributed by atoms with van der Waals surface area (Å²) in [5.41, 5.74) is 2.09. The molecule has 1 atom stereocenters. The Bertz CT molecular complexity index is 730. The average molecular weight is 495 g/mol. The molecule has 1 aliphatic rings. The molecule has 1 fully saturated rings. The summed E-state index contributed by atoms with van der Waals surface area (Å²) in [5, 5.41) is 13.8. The van der Waals surface area contributed by atoms with E-state index in [0.717, 1.165) is 50.1 Å². The van der Waals surface area contributed by atoms with Gasteiger partial charge in [0.1, 0.15) is 5.82 Å². The van der Waals surface area contributed by atoms with Crippen molar-refractivity contribution in [1.29, 1.82) is 0 Å². The fourth-order valence-corrected chi connectivity index (χ4v) is 3.18.